The van der Waals surface area contributed by atoms with Crippen LogP contribution in [0.4, 0.5) is 8.78 Å². The number of hydrogen-bond acceptors (Lipinski definition) is 1. The maximum atomic E-state index is 13.8. The number of nitrogens with one attached hydrogen (secondary N) is 1. The van der Waals surface area contributed by atoms with Crippen molar-refractivity contribution in [3.05, 3.63) is 35.4 Å². The van der Waals surface area contributed by atoms with Crippen LogP contribution in [0.3, 0.4) is 0 Å². The molecule has 0 aromatic heterocycles. The Morgan fingerprint density at radius 2 is 1.86 bits per heavy atom. The third-order valence-corrected chi connectivity index (χ3v) is 4.56. The average molecular weight is 295 g/mol. The zero-order valence-corrected chi connectivity index (χ0v) is 13.0. The van der Waals surface area contributed by atoms with Crippen molar-refractivity contribution in [2.24, 2.45) is 5.92 Å². The predicted octanol–water partition coefficient (Wildman–Crippen LogP) is 4.85. The van der Waals surface area contributed by atoms with Gasteiger partial charge in [0.25, 0.3) is 0 Å². The van der Waals surface area contributed by atoms with E-state index in [4.69, 9.17) is 0 Å². The summed E-state index contributed by atoms with van der Waals surface area (Å²) >= 11 is 0. The first-order chi connectivity index (χ1) is 10.2. The van der Waals surface area contributed by atoms with Gasteiger partial charge in [0.15, 0.2) is 0 Å². The number of likely N-dealkylation sites (N-methyl/N-ethyl adjacent to an activating group) is 1. The zero-order valence-electron chi connectivity index (χ0n) is 13.0. The van der Waals surface area contributed by atoms with E-state index < -0.39 is 0 Å². The SMILES string of the molecule is CCNC(Cc1cc(F)ccc1F)CC1CCCCCC1. The molecule has 2 rings (SSSR count). The van der Waals surface area contributed by atoms with Crippen molar-refractivity contribution in [2.45, 2.75) is 64.3 Å². The van der Waals surface area contributed by atoms with Crippen molar-refractivity contribution in [1.82, 2.24) is 5.32 Å². The molecule has 1 saturated carbocycles. The fraction of sp³-hybridized carbons (Fsp3) is 0.667. The van der Waals surface area contributed by atoms with Crippen LogP contribution in [0, 0.1) is 17.6 Å². The summed E-state index contributed by atoms with van der Waals surface area (Å²) in [5.41, 5.74) is 0.495. The first kappa shape index (κ1) is 16.4. The van der Waals surface area contributed by atoms with Crippen molar-refractivity contribution >= 4 is 0 Å². The van der Waals surface area contributed by atoms with Gasteiger partial charge in [-0.05, 0) is 49.1 Å². The molecule has 1 fully saturated rings. The van der Waals surface area contributed by atoms with Crippen molar-refractivity contribution in [2.75, 3.05) is 6.54 Å². The van der Waals surface area contributed by atoms with Gasteiger partial charge >= 0.3 is 0 Å². The Labute approximate surface area is 127 Å². The molecule has 0 saturated heterocycles. The van der Waals surface area contributed by atoms with Crippen molar-refractivity contribution in [3.63, 3.8) is 0 Å². The Morgan fingerprint density at radius 3 is 2.52 bits per heavy atom. The van der Waals surface area contributed by atoms with Crippen LogP contribution in [0.1, 0.15) is 57.4 Å². The van der Waals surface area contributed by atoms with E-state index in [-0.39, 0.29) is 17.7 Å². The summed E-state index contributed by atoms with van der Waals surface area (Å²) in [5.74, 6) is 0.0875. The largest absolute Gasteiger partial charge is 0.314 e. The second kappa shape index (κ2) is 8.47. The normalized spacial score (nSPS) is 18.4. The van der Waals surface area contributed by atoms with Gasteiger partial charge in [-0.1, -0.05) is 45.4 Å². The smallest absolute Gasteiger partial charge is 0.126 e. The summed E-state index contributed by atoms with van der Waals surface area (Å²) in [6.07, 6.45) is 9.55. The van der Waals surface area contributed by atoms with E-state index in [0.717, 1.165) is 18.9 Å². The van der Waals surface area contributed by atoms with E-state index in [2.05, 4.69) is 12.2 Å². The van der Waals surface area contributed by atoms with E-state index in [0.29, 0.717) is 12.0 Å². The highest BCUT2D eigenvalue weighted by atomic mass is 19.1. The molecule has 1 unspecified atom stereocenters. The van der Waals surface area contributed by atoms with Gasteiger partial charge in [-0.2, -0.15) is 0 Å². The highest BCUT2D eigenvalue weighted by molar-refractivity contribution is 5.19. The van der Waals surface area contributed by atoms with Crippen LogP contribution in [-0.4, -0.2) is 12.6 Å². The third kappa shape index (κ3) is 5.39. The van der Waals surface area contributed by atoms with Crippen molar-refractivity contribution < 1.29 is 8.78 Å². The summed E-state index contributed by atoms with van der Waals surface area (Å²) in [6.45, 7) is 2.94. The van der Waals surface area contributed by atoms with Gasteiger partial charge in [0.05, 0.1) is 0 Å². The number of hydrogen-bond donors (Lipinski definition) is 1. The van der Waals surface area contributed by atoms with Gasteiger partial charge in [0, 0.05) is 6.04 Å². The lowest BCUT2D eigenvalue weighted by Gasteiger charge is -2.23. The summed E-state index contributed by atoms with van der Waals surface area (Å²) in [4.78, 5) is 0. The van der Waals surface area contributed by atoms with E-state index in [1.165, 1.54) is 56.7 Å². The fourth-order valence-corrected chi connectivity index (χ4v) is 3.49. The van der Waals surface area contributed by atoms with E-state index in [1.54, 1.807) is 0 Å². The first-order valence-electron chi connectivity index (χ1n) is 8.36. The van der Waals surface area contributed by atoms with Gasteiger partial charge in [-0.3, -0.25) is 0 Å². The second-order valence-corrected chi connectivity index (χ2v) is 6.29. The average Bonchev–Trinajstić information content (AvgIpc) is 2.72. The van der Waals surface area contributed by atoms with Crippen LogP contribution in [0.2, 0.25) is 0 Å². The number of rotatable bonds is 6. The topological polar surface area (TPSA) is 12.0 Å². The Hall–Kier alpha value is -0.960. The predicted molar refractivity (Wildman–Crippen MR) is 83.3 cm³/mol. The minimum atomic E-state index is -0.351. The molecule has 1 N–H and O–H groups in total. The maximum Gasteiger partial charge on any atom is 0.126 e. The minimum Gasteiger partial charge on any atom is -0.314 e. The monoisotopic (exact) mass is 295 g/mol. The van der Waals surface area contributed by atoms with Gasteiger partial charge in [-0.25, -0.2) is 8.78 Å². The van der Waals surface area contributed by atoms with Crippen LogP contribution >= 0.6 is 0 Å². The minimum absolute atomic E-state index is 0.245. The lowest BCUT2D eigenvalue weighted by atomic mass is 9.89. The zero-order chi connectivity index (χ0) is 15.1. The molecule has 1 aromatic rings. The summed E-state index contributed by atoms with van der Waals surface area (Å²) in [5, 5.41) is 3.46. The molecular formula is C18H27F2N. The third-order valence-electron chi connectivity index (χ3n) is 4.56. The van der Waals surface area contributed by atoms with Crippen molar-refractivity contribution in [1.29, 1.82) is 0 Å². The van der Waals surface area contributed by atoms with Crippen LogP contribution in [0.15, 0.2) is 18.2 Å². The quantitative estimate of drug-likeness (QED) is 0.740. The Morgan fingerprint density at radius 1 is 1.14 bits per heavy atom. The Balaban J connectivity index is 1.98. The van der Waals surface area contributed by atoms with Gasteiger partial charge in [0.2, 0.25) is 0 Å². The van der Waals surface area contributed by atoms with Crippen molar-refractivity contribution in [3.8, 4) is 0 Å². The molecule has 0 radical (unpaired) electrons. The molecule has 3 heteroatoms. The standard InChI is InChI=1S/C18H27F2N/c1-2-21-17(11-14-7-5-3-4-6-8-14)13-15-12-16(19)9-10-18(15)20/h9-10,12,14,17,21H,2-8,11,13H2,1H3. The fourth-order valence-electron chi connectivity index (χ4n) is 3.49. The van der Waals surface area contributed by atoms with E-state index in [1.807, 2.05) is 0 Å². The molecule has 0 aliphatic heterocycles. The molecule has 1 aliphatic carbocycles. The molecule has 1 nitrogen and oxygen atoms in total. The molecule has 0 amide bonds. The highest BCUT2D eigenvalue weighted by Crippen LogP contribution is 2.27. The van der Waals surface area contributed by atoms with Crippen LogP contribution < -0.4 is 5.32 Å². The summed E-state index contributed by atoms with van der Waals surface area (Å²) in [6, 6.07) is 4.01. The molecular weight excluding hydrogens is 268 g/mol. The molecule has 118 valence electrons. The van der Waals surface area contributed by atoms with Crippen LogP contribution in [0.25, 0.3) is 0 Å². The lowest BCUT2D eigenvalue weighted by Crippen LogP contribution is -2.33. The molecule has 0 spiro atoms. The summed E-state index contributed by atoms with van der Waals surface area (Å²) < 4.78 is 27.1. The lowest BCUT2D eigenvalue weighted by molar-refractivity contribution is 0.350. The Bertz CT molecular complexity index is 425. The molecule has 1 aromatic carbocycles. The molecule has 21 heavy (non-hydrogen) atoms. The number of halogens is 2. The van der Waals surface area contributed by atoms with Gasteiger partial charge in [0.1, 0.15) is 11.6 Å². The highest BCUT2D eigenvalue weighted by Gasteiger charge is 2.19. The first-order valence-corrected chi connectivity index (χ1v) is 8.36. The molecule has 0 bridgehead atoms. The number of benzene rings is 1. The van der Waals surface area contributed by atoms with E-state index >= 15 is 0 Å². The molecule has 0 heterocycles. The van der Waals surface area contributed by atoms with Crippen LogP contribution in [0.5, 0.6) is 0 Å². The molecule has 1 aliphatic rings. The van der Waals surface area contributed by atoms with Gasteiger partial charge < -0.3 is 5.32 Å². The van der Waals surface area contributed by atoms with Crippen LogP contribution in [-0.2, 0) is 6.42 Å². The van der Waals surface area contributed by atoms with E-state index in [9.17, 15) is 8.78 Å². The summed E-state index contributed by atoms with van der Waals surface area (Å²) in [7, 11) is 0. The molecule has 1 atom stereocenters. The van der Waals surface area contributed by atoms with Gasteiger partial charge in [-0.15, -0.1) is 0 Å². The second-order valence-electron chi connectivity index (χ2n) is 6.29. The maximum absolute atomic E-state index is 13.8. The Kier molecular flexibility index (Phi) is 6.62.